The molecule has 0 atom stereocenters. The average Bonchev–Trinajstić information content (AvgIpc) is 2.74. The summed E-state index contributed by atoms with van der Waals surface area (Å²) in [5.74, 6) is 1.04. The van der Waals surface area contributed by atoms with Crippen molar-refractivity contribution in [3.05, 3.63) is 109 Å². The van der Waals surface area contributed by atoms with Crippen LogP contribution in [-0.2, 0) is 13.2 Å². The largest absolute Gasteiger partial charge is 0.503 e. The number of nitrogens with zero attached hydrogens (tertiary/aromatic N) is 2. The van der Waals surface area contributed by atoms with Crippen molar-refractivity contribution in [3.8, 4) is 22.6 Å². The van der Waals surface area contributed by atoms with E-state index in [4.69, 9.17) is 4.74 Å². The molecule has 2 aromatic carbocycles. The topological polar surface area (TPSA) is 46.2 Å². The Hall–Kier alpha value is -3.66. The van der Waals surface area contributed by atoms with E-state index >= 15 is 0 Å². The third-order valence-electron chi connectivity index (χ3n) is 4.49. The fourth-order valence-electron chi connectivity index (χ4n) is 3.01. The number of aromatic nitrogens is 2. The Morgan fingerprint density at radius 3 is 2.18 bits per heavy atom. The predicted octanol–water partition coefficient (Wildman–Crippen LogP) is 4.37. The molecule has 4 nitrogen and oxygen atoms in total. The molecule has 4 rings (SSSR count). The van der Waals surface area contributed by atoms with E-state index in [2.05, 4.69) is 53.5 Å². The highest BCUT2D eigenvalue weighted by molar-refractivity contribution is 5.63. The van der Waals surface area contributed by atoms with Gasteiger partial charge in [-0.3, -0.25) is 4.98 Å². The van der Waals surface area contributed by atoms with Crippen LogP contribution in [0.3, 0.4) is 0 Å². The van der Waals surface area contributed by atoms with Crippen molar-refractivity contribution in [2.45, 2.75) is 13.2 Å². The van der Waals surface area contributed by atoms with E-state index in [0.29, 0.717) is 6.61 Å². The molecule has 4 heteroatoms. The van der Waals surface area contributed by atoms with Gasteiger partial charge < -0.3 is 9.84 Å². The molecule has 0 unspecified atom stereocenters. The van der Waals surface area contributed by atoms with Crippen LogP contribution < -0.4 is 9.30 Å². The van der Waals surface area contributed by atoms with E-state index in [-0.39, 0.29) is 5.75 Å². The number of pyridine rings is 2. The van der Waals surface area contributed by atoms with E-state index in [1.54, 1.807) is 24.7 Å². The van der Waals surface area contributed by atoms with E-state index in [0.717, 1.165) is 17.9 Å². The maximum absolute atomic E-state index is 9.58. The standard InChI is InChI=1S/C24H20N2O2/c27-23-3-2-14-26(17-23)16-19-5-9-21(10-6-19)22-11-7-20(8-12-22)18-28-24-4-1-13-25-15-24/h1-15,17H,16,18H2/p+1. The van der Waals surface area contributed by atoms with Crippen LogP contribution in [0.5, 0.6) is 11.5 Å². The molecular formula is C24H21N2O2+. The lowest BCUT2D eigenvalue weighted by molar-refractivity contribution is -0.688. The molecule has 0 spiro atoms. The summed E-state index contributed by atoms with van der Waals surface area (Å²) in [6, 6.07) is 24.1. The van der Waals surface area contributed by atoms with Crippen molar-refractivity contribution >= 4 is 0 Å². The number of aromatic hydroxyl groups is 1. The number of hydrogen-bond acceptors (Lipinski definition) is 3. The van der Waals surface area contributed by atoms with Crippen LogP contribution in [0.4, 0.5) is 0 Å². The van der Waals surface area contributed by atoms with Crippen molar-refractivity contribution < 1.29 is 14.4 Å². The van der Waals surface area contributed by atoms with Gasteiger partial charge in [0.2, 0.25) is 6.20 Å². The third kappa shape index (κ3) is 4.54. The monoisotopic (exact) mass is 369 g/mol. The van der Waals surface area contributed by atoms with Crippen LogP contribution in [0.1, 0.15) is 11.1 Å². The van der Waals surface area contributed by atoms with Crippen LogP contribution in [-0.4, -0.2) is 10.1 Å². The van der Waals surface area contributed by atoms with E-state index in [1.807, 2.05) is 29.0 Å². The van der Waals surface area contributed by atoms with Crippen LogP contribution in [0.2, 0.25) is 0 Å². The molecule has 0 bridgehead atoms. The minimum Gasteiger partial charge on any atom is -0.503 e. The molecule has 0 amide bonds. The van der Waals surface area contributed by atoms with Gasteiger partial charge in [-0.1, -0.05) is 48.5 Å². The Bertz CT molecular complexity index is 1030. The van der Waals surface area contributed by atoms with Gasteiger partial charge in [0, 0.05) is 17.8 Å². The SMILES string of the molecule is Oc1ccc[n+](Cc2ccc(-c3ccc(COc4cccnc4)cc3)cc2)c1. The van der Waals surface area contributed by atoms with Crippen molar-refractivity contribution in [2.75, 3.05) is 0 Å². The molecule has 0 radical (unpaired) electrons. The predicted molar refractivity (Wildman–Crippen MR) is 108 cm³/mol. The second-order valence-electron chi connectivity index (χ2n) is 6.61. The van der Waals surface area contributed by atoms with Crippen molar-refractivity contribution in [1.29, 1.82) is 0 Å². The highest BCUT2D eigenvalue weighted by Gasteiger charge is 2.05. The fourth-order valence-corrected chi connectivity index (χ4v) is 3.01. The summed E-state index contributed by atoms with van der Waals surface area (Å²) in [7, 11) is 0. The Kier molecular flexibility index (Phi) is 5.29. The molecule has 0 saturated carbocycles. The smallest absolute Gasteiger partial charge is 0.211 e. The lowest BCUT2D eigenvalue weighted by Crippen LogP contribution is -2.32. The normalized spacial score (nSPS) is 10.6. The van der Waals surface area contributed by atoms with E-state index < -0.39 is 0 Å². The van der Waals surface area contributed by atoms with Crippen molar-refractivity contribution in [3.63, 3.8) is 0 Å². The van der Waals surface area contributed by atoms with Gasteiger partial charge >= 0.3 is 0 Å². The second kappa shape index (κ2) is 8.35. The Balaban J connectivity index is 1.40. The van der Waals surface area contributed by atoms with Crippen molar-refractivity contribution in [2.24, 2.45) is 0 Å². The van der Waals surface area contributed by atoms with Gasteiger partial charge in [-0.05, 0) is 34.9 Å². The summed E-state index contributed by atoms with van der Waals surface area (Å²) in [4.78, 5) is 4.05. The first-order chi connectivity index (χ1) is 13.8. The molecule has 0 saturated heterocycles. The van der Waals surface area contributed by atoms with Crippen LogP contribution in [0.15, 0.2) is 97.6 Å². The van der Waals surface area contributed by atoms with Crippen LogP contribution in [0, 0.1) is 0 Å². The molecule has 4 aromatic rings. The molecule has 2 heterocycles. The summed E-state index contributed by atoms with van der Waals surface area (Å²) in [5.41, 5.74) is 4.64. The minimum atomic E-state index is 0.270. The zero-order valence-electron chi connectivity index (χ0n) is 15.4. The minimum absolute atomic E-state index is 0.270. The zero-order chi connectivity index (χ0) is 19.2. The fraction of sp³-hybridized carbons (Fsp3) is 0.0833. The number of rotatable bonds is 6. The lowest BCUT2D eigenvalue weighted by atomic mass is 10.0. The van der Waals surface area contributed by atoms with Gasteiger partial charge in [0.1, 0.15) is 12.4 Å². The van der Waals surface area contributed by atoms with Gasteiger partial charge in [0.05, 0.1) is 6.20 Å². The third-order valence-corrected chi connectivity index (χ3v) is 4.49. The molecule has 2 aromatic heterocycles. The summed E-state index contributed by atoms with van der Waals surface area (Å²) >= 11 is 0. The Morgan fingerprint density at radius 2 is 1.54 bits per heavy atom. The maximum atomic E-state index is 9.58. The number of ether oxygens (including phenoxy) is 1. The summed E-state index contributed by atoms with van der Waals surface area (Å²) < 4.78 is 7.70. The van der Waals surface area contributed by atoms with Gasteiger partial charge in [-0.15, -0.1) is 0 Å². The molecule has 0 aliphatic heterocycles. The summed E-state index contributed by atoms with van der Waals surface area (Å²) in [6.07, 6.45) is 7.11. The number of benzene rings is 2. The molecular weight excluding hydrogens is 348 g/mol. The Labute approximate surface area is 164 Å². The molecule has 1 N–H and O–H groups in total. The van der Waals surface area contributed by atoms with Gasteiger partial charge in [0.25, 0.3) is 0 Å². The molecule has 0 aliphatic rings. The first-order valence-corrected chi connectivity index (χ1v) is 9.15. The summed E-state index contributed by atoms with van der Waals surface area (Å²) in [6.45, 7) is 1.24. The highest BCUT2D eigenvalue weighted by Crippen LogP contribution is 2.21. The van der Waals surface area contributed by atoms with Crippen LogP contribution >= 0.6 is 0 Å². The molecule has 0 aliphatic carbocycles. The quantitative estimate of drug-likeness (QED) is 0.514. The zero-order valence-corrected chi connectivity index (χ0v) is 15.4. The molecule has 0 fully saturated rings. The van der Waals surface area contributed by atoms with Gasteiger partial charge in [-0.25, -0.2) is 0 Å². The van der Waals surface area contributed by atoms with E-state index in [1.165, 1.54) is 16.7 Å². The molecule has 28 heavy (non-hydrogen) atoms. The first-order valence-electron chi connectivity index (χ1n) is 9.15. The van der Waals surface area contributed by atoms with Gasteiger partial charge in [-0.2, -0.15) is 4.57 Å². The second-order valence-corrected chi connectivity index (χ2v) is 6.61. The number of hydrogen-bond donors (Lipinski definition) is 1. The van der Waals surface area contributed by atoms with Gasteiger partial charge in [0.15, 0.2) is 18.5 Å². The maximum Gasteiger partial charge on any atom is 0.211 e. The van der Waals surface area contributed by atoms with Crippen molar-refractivity contribution in [1.82, 2.24) is 4.98 Å². The summed E-state index contributed by atoms with van der Waals surface area (Å²) in [5, 5.41) is 9.58. The average molecular weight is 369 g/mol. The Morgan fingerprint density at radius 1 is 0.821 bits per heavy atom. The first kappa shape index (κ1) is 17.7. The lowest BCUT2D eigenvalue weighted by Gasteiger charge is -2.07. The van der Waals surface area contributed by atoms with E-state index in [9.17, 15) is 5.11 Å². The van der Waals surface area contributed by atoms with Crippen LogP contribution in [0.25, 0.3) is 11.1 Å². The molecule has 138 valence electrons. The highest BCUT2D eigenvalue weighted by atomic mass is 16.5.